The molecular formula is C81H78F10N6O6S2. The van der Waals surface area contributed by atoms with E-state index in [1.807, 2.05) is 0 Å². The molecule has 2 aromatic heterocycles. The minimum absolute atomic E-state index is 0.114. The summed E-state index contributed by atoms with van der Waals surface area (Å²) in [5, 5.41) is -4.49. The molecule has 2 saturated heterocycles. The largest absolute Gasteiger partial charge is 0.416 e. The first-order valence-electron chi connectivity index (χ1n) is 54.0. The molecule has 2 aliphatic heterocycles. The first-order valence-corrected chi connectivity index (χ1v) is 31.1. The third-order valence-corrected chi connectivity index (χ3v) is 15.8. The zero-order chi connectivity index (χ0) is 118. The molecule has 4 heterocycles. The predicted molar refractivity (Wildman–Crippen MR) is 391 cm³/mol. The predicted octanol–water partition coefficient (Wildman–Crippen LogP) is 17.1. The average Bonchev–Trinajstić information content (AvgIpc) is 0.656. The van der Waals surface area contributed by atoms with Gasteiger partial charge in [-0.05, 0) is 132 Å². The van der Waals surface area contributed by atoms with Crippen LogP contribution in [0, 0.1) is 30.2 Å². The Morgan fingerprint density at radius 3 is 1.71 bits per heavy atom. The van der Waals surface area contributed by atoms with Crippen molar-refractivity contribution in [1.29, 1.82) is 0 Å². The molecule has 0 N–H and O–H groups in total. The second-order valence-corrected chi connectivity index (χ2v) is 22.6. The van der Waals surface area contributed by atoms with Crippen LogP contribution in [0.1, 0.15) is 132 Å². The van der Waals surface area contributed by atoms with Gasteiger partial charge >= 0.3 is 12.4 Å². The Kier molecular flexibility index (Phi) is 12.0. The van der Waals surface area contributed by atoms with E-state index in [1.165, 1.54) is 24.3 Å². The Morgan fingerprint density at radius 1 is 0.543 bits per heavy atom. The van der Waals surface area contributed by atoms with Crippen LogP contribution < -0.4 is 10.9 Å². The number of likely N-dealkylation sites (tertiary alicyclic amines) is 2. The smallest absolute Gasteiger partial charge is 0.383 e. The number of alkyl halides is 6. The molecule has 2 fully saturated rings. The number of carbonyl (C=O) groups is 2. The highest BCUT2D eigenvalue weighted by Crippen LogP contribution is 2.36. The van der Waals surface area contributed by atoms with Gasteiger partial charge in [-0.25, -0.2) is 17.6 Å². The molecule has 8 aromatic carbocycles. The summed E-state index contributed by atoms with van der Waals surface area (Å²) in [5.74, 6) is -13.0. The van der Waals surface area contributed by atoms with Crippen molar-refractivity contribution in [3.8, 4) is 22.3 Å². The lowest BCUT2D eigenvalue weighted by molar-refractivity contribution is -0.138. The first-order chi connectivity index (χ1) is 69.5. The van der Waals surface area contributed by atoms with Gasteiger partial charge in [-0.15, -0.1) is 23.5 Å². The number of fused-ring (bicyclic) bond motifs is 2. The zero-order valence-electron chi connectivity index (χ0n) is 102. The number of pyridine rings is 2. The number of para-hydroxylation sites is 2. The number of ether oxygens (including phenoxy) is 2. The SMILES string of the molecule is [2H]C([2H])(Sc1cc(=O)c2ccccc2n1C([2H])([2H])C(=O)N(Cc1ccc(-c2ccc(C(F)(F)F)cc2)cc1)C1([2H])C([2H])([2H])C([2H])([2H])N(C([2H])([2H])C([2H])([2H])OC)C([2H])([2H])C1([2H])[2H])c1cccc(F)c1F.[2H]c1c([2H])c(F)c(F)c(C([2H])([2H])Sc2c([2H])c(=O)c3c([2H])c([2H])c([2H])c([2H])c3n2C([2H])([2H])C(=O)N(Cc2c([2H])c([2H])c(-c3c([2H])c([2H])c(C(F)(F)F)c([2H])c3[2H])c([2H])c2C)C2([2H])C([2H])([2H])C([2H])([2H])N(C([2H])([2H])C([2H])([2H])OC)C([2H])([2H])C2([2H])[2H])c1[2H]. The van der Waals surface area contributed by atoms with Gasteiger partial charge in [0.2, 0.25) is 11.8 Å². The molecule has 0 radical (unpaired) electrons. The molecule has 0 saturated carbocycles. The molecule has 2 amide bonds. The van der Waals surface area contributed by atoms with Crippen molar-refractivity contribution in [3.63, 3.8) is 0 Å². The molecular weight excluding hydrogens is 1410 g/mol. The highest BCUT2D eigenvalue weighted by molar-refractivity contribution is 7.98. The van der Waals surface area contributed by atoms with Gasteiger partial charge < -0.3 is 38.2 Å². The number of benzene rings is 8. The second-order valence-electron chi connectivity index (χ2n) is 20.9. The number of amides is 2. The highest BCUT2D eigenvalue weighted by Gasteiger charge is 2.34. The number of aromatic nitrogens is 2. The molecule has 105 heavy (non-hydrogen) atoms. The summed E-state index contributed by atoms with van der Waals surface area (Å²) in [6, 6.07) is -16.8. The quantitative estimate of drug-likeness (QED) is 0.0428. The maximum absolute atomic E-state index is 16.0. The Labute approximate surface area is 679 Å². The summed E-state index contributed by atoms with van der Waals surface area (Å²) in [6.45, 7) is -46.4. The van der Waals surface area contributed by atoms with Gasteiger partial charge in [0.1, 0.15) is 13.0 Å². The summed E-state index contributed by atoms with van der Waals surface area (Å²) in [5.41, 5.74) is -22.6. The average molecular weight is 1530 g/mol. The van der Waals surface area contributed by atoms with Crippen molar-refractivity contribution in [2.24, 2.45) is 0 Å². The molecule has 10 aromatic rings. The van der Waals surface area contributed by atoms with Crippen molar-refractivity contribution >= 4 is 57.1 Å². The van der Waals surface area contributed by atoms with Crippen LogP contribution in [0.3, 0.4) is 0 Å². The molecule has 24 heteroatoms. The summed E-state index contributed by atoms with van der Waals surface area (Å²) in [6.07, 6.45) is -29.1. The highest BCUT2D eigenvalue weighted by atomic mass is 32.2. The Bertz CT molecular complexity index is 7330. The van der Waals surface area contributed by atoms with Gasteiger partial charge in [0.05, 0.1) is 79.6 Å². The van der Waals surface area contributed by atoms with Crippen LogP contribution in [-0.4, -0.2) is 119 Å². The van der Waals surface area contributed by atoms with Crippen LogP contribution in [0.5, 0.6) is 0 Å². The third kappa shape index (κ3) is 19.3. The second kappa shape index (κ2) is 34.9. The fourth-order valence-corrected chi connectivity index (χ4v) is 10.6. The Morgan fingerprint density at radius 2 is 1.10 bits per heavy atom. The van der Waals surface area contributed by atoms with Gasteiger partial charge in [0.15, 0.2) is 34.1 Å². The lowest BCUT2D eigenvalue weighted by atomic mass is 9.97. The molecule has 0 atom stereocenters. The monoisotopic (exact) mass is 1530 g/mol. The lowest BCUT2D eigenvalue weighted by Crippen LogP contribution is -2.48. The van der Waals surface area contributed by atoms with Crippen molar-refractivity contribution in [2.45, 2.75) is 104 Å². The summed E-state index contributed by atoms with van der Waals surface area (Å²) in [7, 11) is 1.03. The van der Waals surface area contributed by atoms with Crippen LogP contribution in [0.2, 0.25) is 0 Å². The number of piperidine rings is 2. The number of hydrogen-bond donors (Lipinski definition) is 0. The number of halogens is 10. The number of methoxy groups -OCH3 is 2. The molecule has 0 aliphatic carbocycles. The zero-order valence-corrected chi connectivity index (χ0v) is 55.0. The van der Waals surface area contributed by atoms with Crippen LogP contribution >= 0.6 is 23.5 Å². The molecule has 12 rings (SSSR count). The van der Waals surface area contributed by atoms with E-state index in [1.54, 1.807) is 0 Å². The maximum Gasteiger partial charge on any atom is 0.416 e. The molecule has 0 spiro atoms. The summed E-state index contributed by atoms with van der Waals surface area (Å²) >= 11 is -0.977. The third-order valence-electron chi connectivity index (χ3n) is 14.2. The Hall–Kier alpha value is -9.04. The maximum atomic E-state index is 16.0. The molecule has 0 unspecified atom stereocenters. The number of rotatable bonds is 24. The van der Waals surface area contributed by atoms with Crippen molar-refractivity contribution < 1.29 is 130 Å². The molecule has 0 bridgehead atoms. The van der Waals surface area contributed by atoms with E-state index in [2.05, 4.69) is 9.47 Å². The lowest BCUT2D eigenvalue weighted by Gasteiger charge is -2.39. The van der Waals surface area contributed by atoms with E-state index in [0.29, 0.717) is 37.8 Å². The van der Waals surface area contributed by atoms with Gasteiger partial charge in [0, 0.05) is 157 Å². The van der Waals surface area contributed by atoms with Crippen molar-refractivity contribution in [2.75, 3.05) is 66.3 Å². The summed E-state index contributed by atoms with van der Waals surface area (Å²) in [4.78, 5) is 56.3. The van der Waals surface area contributed by atoms with E-state index in [-0.39, 0.29) is 38.7 Å². The van der Waals surface area contributed by atoms with E-state index in [0.717, 1.165) is 60.7 Å². The summed E-state index contributed by atoms with van der Waals surface area (Å²) < 4.78 is 584. The van der Waals surface area contributed by atoms with Crippen LogP contribution in [0.15, 0.2) is 207 Å². The number of nitrogens with zero attached hydrogens (tertiary/aromatic N) is 6. The number of thioether (sulfide) groups is 2. The van der Waals surface area contributed by atoms with Gasteiger partial charge in [-0.3, -0.25) is 19.2 Å². The Balaban J connectivity index is 0.000000297. The topological polar surface area (TPSA) is 110 Å². The first kappa shape index (κ1) is 36.0. The standard InChI is InChI=1S/C41H40F5N3O3S.C40H38F5N3O3S/c1-27-22-29(28-12-14-32(15-13-28)41(44,45)46)10-11-30(27)24-48(33-16-18-47(19-17-33)20-21-52-2)38(51)25-49-36-9-4-3-7-34(36)37(50)23-39(49)53-26-31-6-5-8-35(42)40(31)43;1-51-22-21-46-19-17-32(18-20-46)47(24-27-9-11-28(12-10-27)29-13-15-31(16-14-29)40(43,44)45)37(50)25-48-35-8-3-2-6-33(35)36(49)23-38(48)52-26-30-5-4-7-34(41)39(30)42/h3-15,22-23,33H,16-21,24-26H2,1-2H3;2-16,23,32H,17-22,24-26H2,1H3/i3D,4D,5D,6D,7D,8D,9D,10D,11D,12D,13D,14D,15D,16D2,17D2,18D2,19D2,20D2,21D2,22D,23D,25D2,26D2,33D;17D2,18D2,19D2,20D2,21D2,22D2,25D2,26D2,32D. The molecule has 2 aliphatic rings. The minimum atomic E-state index is -5.56. The normalized spacial score (nSPS) is 26.5. The minimum Gasteiger partial charge on any atom is -0.383 e. The number of hydrogen-bond acceptors (Lipinski definition) is 10. The van der Waals surface area contributed by atoms with Gasteiger partial charge in [0.25, 0.3) is 0 Å². The van der Waals surface area contributed by atoms with Crippen molar-refractivity contribution in [1.82, 2.24) is 28.7 Å². The fourth-order valence-electron chi connectivity index (χ4n) is 9.12. The van der Waals surface area contributed by atoms with Crippen LogP contribution in [0.25, 0.3) is 44.1 Å². The van der Waals surface area contributed by atoms with Crippen LogP contribution in [0.4, 0.5) is 43.9 Å². The van der Waals surface area contributed by atoms with Gasteiger partial charge in [-0.1, -0.05) is 115 Å². The molecule has 550 valence electrons. The van der Waals surface area contributed by atoms with Crippen LogP contribution in [-0.2, 0) is 68.9 Å². The van der Waals surface area contributed by atoms with E-state index in [4.69, 9.17) is 48.0 Å². The van der Waals surface area contributed by atoms with E-state index in [9.17, 15) is 59.5 Å². The fraction of sp³-hybridized carbons (Fsp3) is 0.309. The van der Waals surface area contributed by atoms with E-state index < -0.39 is 378 Å². The van der Waals surface area contributed by atoms with Gasteiger partial charge in [-0.2, -0.15) is 26.3 Å². The van der Waals surface area contributed by atoms with Crippen molar-refractivity contribution in [3.05, 3.63) is 270 Å². The molecule has 12 nitrogen and oxygen atoms in total. The van der Waals surface area contributed by atoms with E-state index >= 15 is 22.8 Å². The number of carbonyl (C=O) groups excluding carboxylic acids is 2.